The van der Waals surface area contributed by atoms with Crippen LogP contribution in [0.3, 0.4) is 0 Å². The van der Waals surface area contributed by atoms with Gasteiger partial charge in [-0.1, -0.05) is 11.3 Å². The second-order valence-electron chi connectivity index (χ2n) is 6.03. The minimum Gasteiger partial charge on any atom is -0.457 e. The van der Waals surface area contributed by atoms with Crippen LogP contribution in [0.4, 0.5) is 5.00 Å². The lowest BCUT2D eigenvalue weighted by Crippen LogP contribution is -2.07. The van der Waals surface area contributed by atoms with Gasteiger partial charge in [-0.15, -0.1) is 0 Å². The molecule has 0 saturated carbocycles. The quantitative estimate of drug-likeness (QED) is 0.301. The molecule has 4 rings (SSSR count). The second-order valence-corrected chi connectivity index (χ2v) is 7.09. The molecule has 0 bridgehead atoms. The Bertz CT molecular complexity index is 1100. The highest BCUT2D eigenvalue weighted by Gasteiger charge is 2.18. The first-order valence-corrected chi connectivity index (χ1v) is 8.83. The van der Waals surface area contributed by atoms with Gasteiger partial charge in [0.2, 0.25) is 0 Å². The molecule has 8 heteroatoms. The molecule has 0 spiro atoms. The van der Waals surface area contributed by atoms with Gasteiger partial charge in [0.15, 0.2) is 0 Å². The zero-order valence-electron chi connectivity index (χ0n) is 13.5. The van der Waals surface area contributed by atoms with E-state index in [0.29, 0.717) is 11.1 Å². The summed E-state index contributed by atoms with van der Waals surface area (Å²) in [4.78, 5) is 34.2. The minimum absolute atomic E-state index is 0.106. The van der Waals surface area contributed by atoms with Crippen LogP contribution in [-0.4, -0.2) is 10.9 Å². The summed E-state index contributed by atoms with van der Waals surface area (Å²) < 4.78 is 10.5. The van der Waals surface area contributed by atoms with Crippen molar-refractivity contribution in [1.29, 1.82) is 0 Å². The van der Waals surface area contributed by atoms with Crippen molar-refractivity contribution in [2.75, 3.05) is 0 Å². The highest BCUT2D eigenvalue weighted by Crippen LogP contribution is 2.29. The summed E-state index contributed by atoms with van der Waals surface area (Å²) in [7, 11) is 0. The molecule has 1 aliphatic carbocycles. The molecule has 0 fully saturated rings. The maximum Gasteiger partial charge on any atom is 0.348 e. The van der Waals surface area contributed by atoms with Gasteiger partial charge in [0.05, 0.1) is 4.92 Å². The van der Waals surface area contributed by atoms with Crippen molar-refractivity contribution in [3.8, 4) is 0 Å². The van der Waals surface area contributed by atoms with Gasteiger partial charge < -0.3 is 9.15 Å². The van der Waals surface area contributed by atoms with Crippen molar-refractivity contribution in [1.82, 2.24) is 0 Å². The Morgan fingerprint density at radius 1 is 1.23 bits per heavy atom. The minimum atomic E-state index is -0.661. The fraction of sp³-hybridized carbons (Fsp3) is 0.222. The molecule has 132 valence electrons. The zero-order chi connectivity index (χ0) is 18.3. The van der Waals surface area contributed by atoms with Gasteiger partial charge in [0.1, 0.15) is 17.1 Å². The average Bonchev–Trinajstić information content (AvgIpc) is 3.26. The number of carbonyl (C=O) groups excluding carboxylic acids is 1. The monoisotopic (exact) mass is 371 g/mol. The van der Waals surface area contributed by atoms with Crippen molar-refractivity contribution in [2.24, 2.45) is 0 Å². The number of rotatable bonds is 4. The predicted molar refractivity (Wildman–Crippen MR) is 94.6 cm³/mol. The van der Waals surface area contributed by atoms with Crippen LogP contribution < -0.4 is 5.63 Å². The highest BCUT2D eigenvalue weighted by molar-refractivity contribution is 7.17. The normalized spacial score (nSPS) is 12.9. The Hall–Kier alpha value is -3.00. The van der Waals surface area contributed by atoms with Gasteiger partial charge in [-0.2, -0.15) is 0 Å². The van der Waals surface area contributed by atoms with E-state index in [-0.39, 0.29) is 16.5 Å². The van der Waals surface area contributed by atoms with E-state index in [9.17, 15) is 19.7 Å². The number of thiophene rings is 1. The number of carbonyl (C=O) groups is 1. The third-order valence-electron chi connectivity index (χ3n) is 4.37. The number of ether oxygens (including phenoxy) is 1. The molecule has 0 atom stereocenters. The molecule has 3 aromatic rings. The first kappa shape index (κ1) is 16.5. The van der Waals surface area contributed by atoms with E-state index in [1.807, 2.05) is 12.1 Å². The molecule has 2 aromatic heterocycles. The largest absolute Gasteiger partial charge is 0.457 e. The fourth-order valence-corrected chi connectivity index (χ4v) is 3.88. The van der Waals surface area contributed by atoms with Crippen LogP contribution in [-0.2, 0) is 24.2 Å². The third-order valence-corrected chi connectivity index (χ3v) is 5.39. The topological polar surface area (TPSA) is 99.7 Å². The molecule has 7 nitrogen and oxygen atoms in total. The Kier molecular flexibility index (Phi) is 4.04. The van der Waals surface area contributed by atoms with Gasteiger partial charge >= 0.3 is 16.6 Å². The zero-order valence-corrected chi connectivity index (χ0v) is 14.3. The molecule has 0 radical (unpaired) electrons. The van der Waals surface area contributed by atoms with Crippen LogP contribution in [0.15, 0.2) is 39.5 Å². The van der Waals surface area contributed by atoms with Crippen molar-refractivity contribution >= 4 is 33.3 Å². The van der Waals surface area contributed by atoms with E-state index in [1.165, 1.54) is 29.3 Å². The van der Waals surface area contributed by atoms with Gasteiger partial charge in [0, 0.05) is 23.1 Å². The van der Waals surface area contributed by atoms with E-state index in [2.05, 4.69) is 0 Å². The molecule has 1 aromatic carbocycles. The SMILES string of the molecule is O=C(OCc1cc(=O)oc2cc3c(cc12)CCC3)c1ccc([N+](=O)[O-])s1. The second kappa shape index (κ2) is 6.38. The lowest BCUT2D eigenvalue weighted by molar-refractivity contribution is -0.380. The summed E-state index contributed by atoms with van der Waals surface area (Å²) in [6.07, 6.45) is 3.01. The number of hydrogen-bond donors (Lipinski definition) is 0. The third kappa shape index (κ3) is 2.99. The molecule has 26 heavy (non-hydrogen) atoms. The van der Waals surface area contributed by atoms with Crippen LogP contribution in [0.1, 0.15) is 32.8 Å². The van der Waals surface area contributed by atoms with Crippen molar-refractivity contribution in [3.05, 3.63) is 72.4 Å². The van der Waals surface area contributed by atoms with E-state index in [4.69, 9.17) is 9.15 Å². The molecular formula is C18H13NO6S. The molecular weight excluding hydrogens is 358 g/mol. The van der Waals surface area contributed by atoms with Crippen molar-refractivity contribution < 1.29 is 18.9 Å². The van der Waals surface area contributed by atoms with E-state index in [1.54, 1.807) is 0 Å². The van der Waals surface area contributed by atoms with Crippen LogP contribution >= 0.6 is 11.3 Å². The standard InChI is InChI=1S/C18H13NO6S/c20-17-8-12(9-24-18(21)15-4-5-16(26-15)19(22)23)13-6-10-2-1-3-11(10)7-14(13)25-17/h4-8H,1-3,9H2. The van der Waals surface area contributed by atoms with Crippen molar-refractivity contribution in [2.45, 2.75) is 25.9 Å². The van der Waals surface area contributed by atoms with Crippen LogP contribution in [0.2, 0.25) is 0 Å². The van der Waals surface area contributed by atoms with Crippen LogP contribution in [0.5, 0.6) is 0 Å². The average molecular weight is 371 g/mol. The van der Waals surface area contributed by atoms with Gasteiger partial charge in [0.25, 0.3) is 0 Å². The Morgan fingerprint density at radius 2 is 2.00 bits per heavy atom. The lowest BCUT2D eigenvalue weighted by Gasteiger charge is -2.08. The fourth-order valence-electron chi connectivity index (χ4n) is 3.16. The molecule has 0 N–H and O–H groups in total. The summed E-state index contributed by atoms with van der Waals surface area (Å²) in [5.74, 6) is -0.661. The predicted octanol–water partition coefficient (Wildman–Crippen LogP) is 3.61. The molecule has 2 heterocycles. The van der Waals surface area contributed by atoms with E-state index < -0.39 is 16.5 Å². The number of esters is 1. The summed E-state index contributed by atoms with van der Waals surface area (Å²) in [5.41, 5.74) is 2.93. The molecule has 0 amide bonds. The summed E-state index contributed by atoms with van der Waals surface area (Å²) in [5, 5.41) is 11.3. The summed E-state index contributed by atoms with van der Waals surface area (Å²) in [6.45, 7) is -0.106. The number of nitrogens with zero attached hydrogens (tertiary/aromatic N) is 1. The van der Waals surface area contributed by atoms with Crippen LogP contribution in [0, 0.1) is 10.1 Å². The molecule has 0 aliphatic heterocycles. The highest BCUT2D eigenvalue weighted by atomic mass is 32.1. The van der Waals surface area contributed by atoms with E-state index >= 15 is 0 Å². The number of aryl methyl sites for hydroxylation is 2. The number of nitro groups is 1. The molecule has 1 aliphatic rings. The Labute approximate surface area is 151 Å². The maximum absolute atomic E-state index is 12.1. The first-order valence-electron chi connectivity index (χ1n) is 8.01. The molecule has 0 saturated heterocycles. The van der Waals surface area contributed by atoms with Crippen molar-refractivity contribution in [3.63, 3.8) is 0 Å². The summed E-state index contributed by atoms with van der Waals surface area (Å²) >= 11 is 0.753. The number of benzene rings is 1. The maximum atomic E-state index is 12.1. The number of fused-ring (bicyclic) bond motifs is 2. The molecule has 0 unspecified atom stereocenters. The number of hydrogen-bond acceptors (Lipinski definition) is 7. The van der Waals surface area contributed by atoms with E-state index in [0.717, 1.165) is 36.0 Å². The summed E-state index contributed by atoms with van der Waals surface area (Å²) in [6, 6.07) is 7.80. The van der Waals surface area contributed by atoms with Gasteiger partial charge in [-0.3, -0.25) is 10.1 Å². The Balaban J connectivity index is 1.61. The van der Waals surface area contributed by atoms with Gasteiger partial charge in [-0.25, -0.2) is 9.59 Å². The van der Waals surface area contributed by atoms with Crippen LogP contribution in [0.25, 0.3) is 11.0 Å². The first-order chi connectivity index (χ1) is 12.5. The lowest BCUT2D eigenvalue weighted by atomic mass is 10.0. The van der Waals surface area contributed by atoms with Gasteiger partial charge in [-0.05, 0) is 48.6 Å². The smallest absolute Gasteiger partial charge is 0.348 e. The Morgan fingerprint density at radius 3 is 2.73 bits per heavy atom.